The summed E-state index contributed by atoms with van der Waals surface area (Å²) < 4.78 is 29.6. The standard InChI is InChI=1S/C20H17N3O3S/c1-22-11-5-7-16(22)12-18-20(24)17-8-2-3-9-19(17)27(25,26)23(18)14-15-6-4-10-21-13-15/h2-13H,14H2,1H3/b18-12+. The number of pyridine rings is 1. The Kier molecular flexibility index (Phi) is 4.16. The molecule has 6 nitrogen and oxygen atoms in total. The Labute approximate surface area is 157 Å². The van der Waals surface area contributed by atoms with Crippen molar-refractivity contribution in [3.05, 3.63) is 89.6 Å². The summed E-state index contributed by atoms with van der Waals surface area (Å²) in [7, 11) is -2.03. The molecule has 1 aromatic carbocycles. The smallest absolute Gasteiger partial charge is 0.265 e. The van der Waals surface area contributed by atoms with E-state index >= 15 is 0 Å². The third kappa shape index (κ3) is 2.96. The van der Waals surface area contributed by atoms with Gasteiger partial charge in [0.25, 0.3) is 10.0 Å². The number of hydrogen-bond donors (Lipinski definition) is 0. The highest BCUT2D eigenvalue weighted by Crippen LogP contribution is 2.34. The Hall–Kier alpha value is -3.19. The van der Waals surface area contributed by atoms with Crippen LogP contribution in [0.1, 0.15) is 21.6 Å². The van der Waals surface area contributed by atoms with Crippen molar-refractivity contribution in [2.24, 2.45) is 7.05 Å². The predicted molar refractivity (Wildman–Crippen MR) is 101 cm³/mol. The first-order valence-electron chi connectivity index (χ1n) is 8.37. The molecule has 3 heterocycles. The molecule has 0 saturated carbocycles. The van der Waals surface area contributed by atoms with E-state index in [4.69, 9.17) is 0 Å². The van der Waals surface area contributed by atoms with Crippen LogP contribution in [0.25, 0.3) is 6.08 Å². The van der Waals surface area contributed by atoms with Gasteiger partial charge in [-0.3, -0.25) is 14.1 Å². The molecule has 7 heteroatoms. The minimum Gasteiger partial charge on any atom is -0.351 e. The number of Topliss-reactive ketones (excluding diaryl/α,β-unsaturated/α-hetero) is 1. The monoisotopic (exact) mass is 379 g/mol. The van der Waals surface area contributed by atoms with Crippen LogP contribution in [0.15, 0.2) is 77.7 Å². The largest absolute Gasteiger partial charge is 0.351 e. The molecular formula is C20H17N3O3S. The molecule has 3 aromatic rings. The molecule has 0 N–H and O–H groups in total. The summed E-state index contributed by atoms with van der Waals surface area (Å²) >= 11 is 0. The van der Waals surface area contributed by atoms with Crippen LogP contribution in [-0.4, -0.2) is 28.1 Å². The number of carbonyl (C=O) groups excluding carboxylic acids is 1. The highest BCUT2D eigenvalue weighted by molar-refractivity contribution is 7.89. The van der Waals surface area contributed by atoms with Crippen LogP contribution in [0.5, 0.6) is 0 Å². The van der Waals surface area contributed by atoms with E-state index in [0.717, 1.165) is 5.69 Å². The summed E-state index contributed by atoms with van der Waals surface area (Å²) in [5, 5.41) is 0. The lowest BCUT2D eigenvalue weighted by atomic mass is 10.1. The van der Waals surface area contributed by atoms with Crippen LogP contribution >= 0.6 is 0 Å². The van der Waals surface area contributed by atoms with Gasteiger partial charge in [0, 0.05) is 36.9 Å². The average molecular weight is 379 g/mol. The molecule has 27 heavy (non-hydrogen) atoms. The topological polar surface area (TPSA) is 72.3 Å². The van der Waals surface area contributed by atoms with Gasteiger partial charge in [-0.2, -0.15) is 0 Å². The Bertz CT molecular complexity index is 1150. The molecule has 0 saturated heterocycles. The second kappa shape index (κ2) is 6.51. The maximum atomic E-state index is 13.3. The molecule has 0 amide bonds. The number of ketones is 1. The van der Waals surface area contributed by atoms with E-state index in [1.54, 1.807) is 48.8 Å². The number of sulfonamides is 1. The zero-order chi connectivity index (χ0) is 19.0. The molecule has 0 radical (unpaired) electrons. The van der Waals surface area contributed by atoms with Gasteiger partial charge in [-0.15, -0.1) is 0 Å². The molecule has 0 aliphatic carbocycles. The summed E-state index contributed by atoms with van der Waals surface area (Å²) in [4.78, 5) is 17.2. The second-order valence-electron chi connectivity index (χ2n) is 6.27. The zero-order valence-corrected chi connectivity index (χ0v) is 15.4. The first-order chi connectivity index (χ1) is 13.0. The van der Waals surface area contributed by atoms with Crippen LogP contribution in [0.4, 0.5) is 0 Å². The van der Waals surface area contributed by atoms with Crippen molar-refractivity contribution < 1.29 is 13.2 Å². The van der Waals surface area contributed by atoms with Gasteiger partial charge in [0.2, 0.25) is 5.78 Å². The molecule has 0 atom stereocenters. The fourth-order valence-electron chi connectivity index (χ4n) is 3.11. The molecule has 0 fully saturated rings. The van der Waals surface area contributed by atoms with Crippen molar-refractivity contribution >= 4 is 21.9 Å². The Morgan fingerprint density at radius 3 is 2.59 bits per heavy atom. The number of allylic oxidation sites excluding steroid dienone is 1. The van der Waals surface area contributed by atoms with E-state index in [1.165, 1.54) is 10.4 Å². The van der Waals surface area contributed by atoms with E-state index in [2.05, 4.69) is 4.98 Å². The van der Waals surface area contributed by atoms with Crippen LogP contribution in [-0.2, 0) is 23.6 Å². The molecule has 0 unspecified atom stereocenters. The van der Waals surface area contributed by atoms with Crippen molar-refractivity contribution in [2.75, 3.05) is 0 Å². The summed E-state index contributed by atoms with van der Waals surface area (Å²) in [5.74, 6) is -0.314. The van der Waals surface area contributed by atoms with Crippen LogP contribution in [0.2, 0.25) is 0 Å². The van der Waals surface area contributed by atoms with Gasteiger partial charge in [-0.05, 0) is 42.0 Å². The van der Waals surface area contributed by atoms with Gasteiger partial charge in [0.1, 0.15) is 5.70 Å². The van der Waals surface area contributed by atoms with Crippen molar-refractivity contribution in [3.63, 3.8) is 0 Å². The quantitative estimate of drug-likeness (QED) is 0.656. The number of carbonyl (C=O) groups is 1. The number of aryl methyl sites for hydroxylation is 1. The van der Waals surface area contributed by atoms with E-state index in [-0.39, 0.29) is 28.5 Å². The van der Waals surface area contributed by atoms with Crippen LogP contribution in [0.3, 0.4) is 0 Å². The molecule has 0 spiro atoms. The highest BCUT2D eigenvalue weighted by atomic mass is 32.2. The first-order valence-corrected chi connectivity index (χ1v) is 9.81. The Balaban J connectivity index is 1.92. The molecule has 136 valence electrons. The lowest BCUT2D eigenvalue weighted by Crippen LogP contribution is -2.38. The van der Waals surface area contributed by atoms with Crippen LogP contribution < -0.4 is 0 Å². The molecule has 2 aromatic heterocycles. The maximum absolute atomic E-state index is 13.3. The normalized spacial score (nSPS) is 17.1. The molecule has 4 rings (SSSR count). The van der Waals surface area contributed by atoms with Gasteiger partial charge in [0.15, 0.2) is 0 Å². The number of benzene rings is 1. The molecule has 1 aliphatic rings. The van der Waals surface area contributed by atoms with E-state index in [1.807, 2.05) is 29.9 Å². The third-order valence-corrected chi connectivity index (χ3v) is 6.34. The number of fused-ring (bicyclic) bond motifs is 1. The Morgan fingerprint density at radius 1 is 1.07 bits per heavy atom. The van der Waals surface area contributed by atoms with Gasteiger partial charge in [0.05, 0.1) is 11.4 Å². The highest BCUT2D eigenvalue weighted by Gasteiger charge is 2.39. The molecule has 1 aliphatic heterocycles. The second-order valence-corrected chi connectivity index (χ2v) is 8.10. The van der Waals surface area contributed by atoms with Gasteiger partial charge in [-0.1, -0.05) is 18.2 Å². The minimum absolute atomic E-state index is 0.0305. The maximum Gasteiger partial charge on any atom is 0.265 e. The van der Waals surface area contributed by atoms with Crippen molar-refractivity contribution in [1.29, 1.82) is 0 Å². The fraction of sp³-hybridized carbons (Fsp3) is 0.100. The van der Waals surface area contributed by atoms with Crippen molar-refractivity contribution in [1.82, 2.24) is 13.9 Å². The zero-order valence-electron chi connectivity index (χ0n) is 14.6. The van der Waals surface area contributed by atoms with E-state index in [9.17, 15) is 13.2 Å². The number of hydrogen-bond acceptors (Lipinski definition) is 4. The van der Waals surface area contributed by atoms with Crippen molar-refractivity contribution in [2.45, 2.75) is 11.4 Å². The van der Waals surface area contributed by atoms with Gasteiger partial charge < -0.3 is 4.57 Å². The Morgan fingerprint density at radius 2 is 1.89 bits per heavy atom. The van der Waals surface area contributed by atoms with E-state index < -0.39 is 10.0 Å². The SMILES string of the molecule is Cn1cccc1/C=C1\C(=O)c2ccccc2S(=O)(=O)N1Cc1cccnc1. The van der Waals surface area contributed by atoms with Gasteiger partial charge in [-0.25, -0.2) is 8.42 Å². The number of nitrogens with zero attached hydrogens (tertiary/aromatic N) is 3. The minimum atomic E-state index is -3.87. The van der Waals surface area contributed by atoms with Crippen molar-refractivity contribution in [3.8, 4) is 0 Å². The average Bonchev–Trinajstić information content (AvgIpc) is 3.08. The van der Waals surface area contributed by atoms with Crippen LogP contribution in [0, 0.1) is 0 Å². The van der Waals surface area contributed by atoms with Gasteiger partial charge >= 0.3 is 0 Å². The summed E-state index contributed by atoms with van der Waals surface area (Å²) in [5.41, 5.74) is 1.76. The fourth-order valence-corrected chi connectivity index (χ4v) is 4.75. The summed E-state index contributed by atoms with van der Waals surface area (Å²) in [6.45, 7) is 0.0342. The molecular weight excluding hydrogens is 362 g/mol. The lowest BCUT2D eigenvalue weighted by molar-refractivity contribution is 0.100. The summed E-state index contributed by atoms with van der Waals surface area (Å²) in [6, 6.07) is 13.5. The first kappa shape index (κ1) is 17.2. The summed E-state index contributed by atoms with van der Waals surface area (Å²) in [6.07, 6.45) is 6.68. The number of rotatable bonds is 3. The molecule has 0 bridgehead atoms. The predicted octanol–water partition coefficient (Wildman–Crippen LogP) is 2.85. The number of aromatic nitrogens is 2. The lowest BCUT2D eigenvalue weighted by Gasteiger charge is -2.31. The van der Waals surface area contributed by atoms with E-state index in [0.29, 0.717) is 5.56 Å². The third-order valence-electron chi connectivity index (χ3n) is 4.52.